The number of halogens is 1. The van der Waals surface area contributed by atoms with Gasteiger partial charge in [0, 0.05) is 50.2 Å². The summed E-state index contributed by atoms with van der Waals surface area (Å²) in [5.74, 6) is -1.02. The average Bonchev–Trinajstić information content (AvgIpc) is 3.40. The first-order chi connectivity index (χ1) is 13.1. The summed E-state index contributed by atoms with van der Waals surface area (Å²) in [4.78, 5) is 34.8. The third-order valence-corrected chi connectivity index (χ3v) is 5.95. The van der Waals surface area contributed by atoms with Crippen LogP contribution in [0.5, 0.6) is 0 Å². The molecule has 3 heterocycles. The number of carbonyl (C=O) groups excluding carboxylic acids is 2. The molecule has 1 aromatic carbocycles. The van der Waals surface area contributed by atoms with Gasteiger partial charge < -0.3 is 14.7 Å². The van der Waals surface area contributed by atoms with Crippen LogP contribution < -0.4 is 4.90 Å². The monoisotopic (exact) mass is 388 g/mol. The van der Waals surface area contributed by atoms with Gasteiger partial charge in [-0.1, -0.05) is 0 Å². The number of hydrogen-bond acceptors (Lipinski definition) is 5. The fourth-order valence-corrected chi connectivity index (χ4v) is 4.34. The molecule has 0 atom stereocenters. The third kappa shape index (κ3) is 3.80. The van der Waals surface area contributed by atoms with Crippen LogP contribution in [-0.4, -0.2) is 65.9 Å². The summed E-state index contributed by atoms with van der Waals surface area (Å²) in [6.07, 6.45) is 1.96. The zero-order valence-corrected chi connectivity index (χ0v) is 15.8. The zero-order valence-electron chi connectivity index (χ0n) is 14.9. The van der Waals surface area contributed by atoms with Gasteiger partial charge in [0.1, 0.15) is 5.82 Å². The van der Waals surface area contributed by atoms with E-state index in [1.807, 2.05) is 5.38 Å². The predicted octanol–water partition coefficient (Wildman–Crippen LogP) is 2.22. The van der Waals surface area contributed by atoms with E-state index in [4.69, 9.17) is 0 Å². The second kappa shape index (κ2) is 7.64. The van der Waals surface area contributed by atoms with E-state index < -0.39 is 0 Å². The Hall–Kier alpha value is -2.48. The van der Waals surface area contributed by atoms with E-state index in [0.29, 0.717) is 39.3 Å². The van der Waals surface area contributed by atoms with Crippen molar-refractivity contribution in [3.8, 4) is 11.3 Å². The molecule has 2 saturated heterocycles. The number of anilines is 1. The van der Waals surface area contributed by atoms with Crippen LogP contribution in [0.2, 0.25) is 0 Å². The standard InChI is InChI=1S/C19H21FN4O2S/c20-15-5-3-14(4-6-15)16-13-27-19(21-16)24-11-9-23(10-12-24)18(26)17(25)22-7-1-2-8-22/h3-6,13H,1-2,7-12H2. The number of nitrogens with zero attached hydrogens (tertiary/aromatic N) is 4. The van der Waals surface area contributed by atoms with Crippen molar-refractivity contribution in [3.63, 3.8) is 0 Å². The van der Waals surface area contributed by atoms with Crippen molar-refractivity contribution in [2.24, 2.45) is 0 Å². The van der Waals surface area contributed by atoms with Crippen LogP contribution in [0.3, 0.4) is 0 Å². The summed E-state index contributed by atoms with van der Waals surface area (Å²) >= 11 is 1.53. The number of thiazole rings is 1. The fraction of sp³-hybridized carbons (Fsp3) is 0.421. The van der Waals surface area contributed by atoms with Gasteiger partial charge in [0.05, 0.1) is 5.69 Å². The molecule has 8 heteroatoms. The van der Waals surface area contributed by atoms with E-state index >= 15 is 0 Å². The maximum Gasteiger partial charge on any atom is 0.312 e. The van der Waals surface area contributed by atoms with Crippen LogP contribution in [0.1, 0.15) is 12.8 Å². The molecule has 2 aromatic rings. The molecule has 2 amide bonds. The number of carbonyl (C=O) groups is 2. The lowest BCUT2D eigenvalue weighted by molar-refractivity contribution is -0.151. The van der Waals surface area contributed by atoms with E-state index in [2.05, 4.69) is 9.88 Å². The van der Waals surface area contributed by atoms with Gasteiger partial charge >= 0.3 is 11.8 Å². The van der Waals surface area contributed by atoms with Crippen molar-refractivity contribution < 1.29 is 14.0 Å². The Morgan fingerprint density at radius 3 is 2.11 bits per heavy atom. The van der Waals surface area contributed by atoms with Crippen molar-refractivity contribution in [2.45, 2.75) is 12.8 Å². The third-order valence-electron chi connectivity index (χ3n) is 5.05. The first-order valence-corrected chi connectivity index (χ1v) is 10.0. The summed E-state index contributed by atoms with van der Waals surface area (Å²) in [5, 5.41) is 2.84. The minimum Gasteiger partial charge on any atom is -0.345 e. The Morgan fingerprint density at radius 2 is 1.48 bits per heavy atom. The van der Waals surface area contributed by atoms with Crippen molar-refractivity contribution in [1.82, 2.24) is 14.8 Å². The molecule has 0 spiro atoms. The van der Waals surface area contributed by atoms with Crippen LogP contribution in [-0.2, 0) is 9.59 Å². The van der Waals surface area contributed by atoms with E-state index in [1.165, 1.54) is 23.5 Å². The number of amides is 2. The lowest BCUT2D eigenvalue weighted by Crippen LogP contribution is -2.53. The number of likely N-dealkylation sites (tertiary alicyclic amines) is 1. The fourth-order valence-electron chi connectivity index (χ4n) is 3.45. The Labute approximate surface area is 161 Å². The maximum atomic E-state index is 13.1. The Bertz CT molecular complexity index is 824. The van der Waals surface area contributed by atoms with E-state index in [-0.39, 0.29) is 17.6 Å². The highest BCUT2D eigenvalue weighted by Gasteiger charge is 2.31. The number of piperazine rings is 1. The molecule has 6 nitrogen and oxygen atoms in total. The van der Waals surface area contributed by atoms with Gasteiger partial charge in [0.15, 0.2) is 5.13 Å². The van der Waals surface area contributed by atoms with E-state index in [9.17, 15) is 14.0 Å². The average molecular weight is 388 g/mol. The van der Waals surface area contributed by atoms with Gasteiger partial charge in [-0.2, -0.15) is 0 Å². The van der Waals surface area contributed by atoms with Gasteiger partial charge in [0.2, 0.25) is 0 Å². The van der Waals surface area contributed by atoms with E-state index in [1.54, 1.807) is 21.9 Å². The number of benzene rings is 1. The van der Waals surface area contributed by atoms with Crippen molar-refractivity contribution in [2.75, 3.05) is 44.2 Å². The van der Waals surface area contributed by atoms with Crippen molar-refractivity contribution >= 4 is 28.3 Å². The zero-order chi connectivity index (χ0) is 18.8. The first kappa shape index (κ1) is 17.9. The molecule has 2 aliphatic heterocycles. The van der Waals surface area contributed by atoms with Gasteiger partial charge in [-0.25, -0.2) is 9.37 Å². The molecule has 0 saturated carbocycles. The molecule has 0 aliphatic carbocycles. The van der Waals surface area contributed by atoms with Gasteiger partial charge in [-0.3, -0.25) is 9.59 Å². The molecule has 142 valence electrons. The van der Waals surface area contributed by atoms with Gasteiger partial charge in [0.25, 0.3) is 0 Å². The highest BCUT2D eigenvalue weighted by molar-refractivity contribution is 7.14. The molecule has 0 radical (unpaired) electrons. The van der Waals surface area contributed by atoms with E-state index in [0.717, 1.165) is 29.2 Å². The molecule has 2 aliphatic rings. The Kier molecular flexibility index (Phi) is 5.07. The van der Waals surface area contributed by atoms with Crippen molar-refractivity contribution in [1.29, 1.82) is 0 Å². The summed E-state index contributed by atoms with van der Waals surface area (Å²) < 4.78 is 13.1. The molecule has 1 aromatic heterocycles. The highest BCUT2D eigenvalue weighted by atomic mass is 32.1. The molecular formula is C19H21FN4O2S. The normalized spacial score (nSPS) is 17.4. The molecule has 0 bridgehead atoms. The summed E-state index contributed by atoms with van der Waals surface area (Å²) in [6, 6.07) is 6.29. The maximum absolute atomic E-state index is 13.1. The molecule has 0 N–H and O–H groups in total. The van der Waals surface area contributed by atoms with Crippen LogP contribution in [0, 0.1) is 5.82 Å². The van der Waals surface area contributed by atoms with Crippen LogP contribution in [0.15, 0.2) is 29.6 Å². The molecule has 4 rings (SSSR count). The summed E-state index contributed by atoms with van der Waals surface area (Å²) in [7, 11) is 0. The topological polar surface area (TPSA) is 56.8 Å². The number of aromatic nitrogens is 1. The summed E-state index contributed by atoms with van der Waals surface area (Å²) in [5.41, 5.74) is 1.70. The Balaban J connectivity index is 1.36. The Morgan fingerprint density at radius 1 is 0.889 bits per heavy atom. The van der Waals surface area contributed by atoms with Crippen LogP contribution >= 0.6 is 11.3 Å². The SMILES string of the molecule is O=C(C(=O)N1CCN(c2nc(-c3ccc(F)cc3)cs2)CC1)N1CCCC1. The molecule has 27 heavy (non-hydrogen) atoms. The largest absolute Gasteiger partial charge is 0.345 e. The summed E-state index contributed by atoms with van der Waals surface area (Å²) in [6.45, 7) is 3.71. The minimum absolute atomic E-state index is 0.265. The lowest BCUT2D eigenvalue weighted by Gasteiger charge is -2.34. The smallest absolute Gasteiger partial charge is 0.312 e. The van der Waals surface area contributed by atoms with Crippen LogP contribution in [0.25, 0.3) is 11.3 Å². The molecular weight excluding hydrogens is 367 g/mol. The lowest BCUT2D eigenvalue weighted by atomic mass is 10.2. The quantitative estimate of drug-likeness (QED) is 0.741. The first-order valence-electron chi connectivity index (χ1n) is 9.16. The molecule has 0 unspecified atom stereocenters. The molecule has 2 fully saturated rings. The minimum atomic E-state index is -0.386. The number of hydrogen-bond donors (Lipinski definition) is 0. The second-order valence-corrected chi connectivity index (χ2v) is 7.64. The van der Waals surface area contributed by atoms with Crippen molar-refractivity contribution in [3.05, 3.63) is 35.5 Å². The van der Waals surface area contributed by atoms with Gasteiger partial charge in [-0.05, 0) is 37.1 Å². The second-order valence-electron chi connectivity index (χ2n) is 6.80. The van der Waals surface area contributed by atoms with Crippen LogP contribution in [0.4, 0.5) is 9.52 Å². The number of rotatable bonds is 2. The van der Waals surface area contributed by atoms with Gasteiger partial charge in [-0.15, -0.1) is 11.3 Å². The predicted molar refractivity (Wildman–Crippen MR) is 102 cm³/mol. The highest BCUT2D eigenvalue weighted by Crippen LogP contribution is 2.28.